The quantitative estimate of drug-likeness (QED) is 0.781. The minimum Gasteiger partial charge on any atom is -0.295 e. The van der Waals surface area contributed by atoms with Crippen molar-refractivity contribution < 1.29 is 4.79 Å². The van der Waals surface area contributed by atoms with Crippen LogP contribution in [0, 0.1) is 0 Å². The van der Waals surface area contributed by atoms with Crippen LogP contribution in [0.25, 0.3) is 5.69 Å². The maximum atomic E-state index is 12.1. The van der Waals surface area contributed by atoms with Crippen LogP contribution in [0.3, 0.4) is 0 Å². The molecule has 112 valence electrons. The fourth-order valence-electron chi connectivity index (χ4n) is 1.83. The van der Waals surface area contributed by atoms with Crippen LogP contribution in [-0.4, -0.2) is 31.1 Å². The third-order valence-corrected chi connectivity index (χ3v) is 3.76. The largest absolute Gasteiger partial charge is 0.295 e. The van der Waals surface area contributed by atoms with E-state index >= 15 is 0 Å². The van der Waals surface area contributed by atoms with Crippen LogP contribution in [0.4, 0.5) is 5.13 Å². The zero-order valence-electron chi connectivity index (χ0n) is 11.9. The number of carbonyl (C=O) groups is 1. The molecule has 0 saturated heterocycles. The van der Waals surface area contributed by atoms with Crippen molar-refractivity contribution in [3.8, 4) is 5.69 Å². The van der Waals surface area contributed by atoms with Crippen LogP contribution in [0.2, 0.25) is 0 Å². The van der Waals surface area contributed by atoms with E-state index in [4.69, 9.17) is 0 Å². The van der Waals surface area contributed by atoms with Gasteiger partial charge in [0.1, 0.15) is 5.01 Å². The van der Waals surface area contributed by atoms with Gasteiger partial charge in [-0.3, -0.25) is 10.1 Å². The van der Waals surface area contributed by atoms with E-state index in [1.54, 1.807) is 0 Å². The van der Waals surface area contributed by atoms with Crippen LogP contribution >= 0.6 is 11.3 Å². The lowest BCUT2D eigenvalue weighted by Gasteiger charge is -1.98. The lowest BCUT2D eigenvalue weighted by Crippen LogP contribution is -2.13. The summed E-state index contributed by atoms with van der Waals surface area (Å²) in [6.07, 6.45) is 3.28. The minimum atomic E-state index is -0.346. The van der Waals surface area contributed by atoms with Crippen molar-refractivity contribution in [1.29, 1.82) is 0 Å². The molecule has 3 aromatic rings. The second kappa shape index (κ2) is 6.44. The summed E-state index contributed by atoms with van der Waals surface area (Å²) in [5.74, 6) is -0.346. The van der Waals surface area contributed by atoms with Gasteiger partial charge in [-0.1, -0.05) is 36.5 Å². The van der Waals surface area contributed by atoms with Crippen LogP contribution in [0.5, 0.6) is 0 Å². The molecule has 0 unspecified atom stereocenters. The maximum absolute atomic E-state index is 12.1. The molecule has 2 heterocycles. The molecule has 0 radical (unpaired) electrons. The molecule has 1 amide bonds. The van der Waals surface area contributed by atoms with Gasteiger partial charge in [0.2, 0.25) is 5.13 Å². The molecule has 2 aromatic heterocycles. The first-order chi connectivity index (χ1) is 10.8. The standard InChI is InChI=1S/C14H14N6OS/c1-2-6-12-17-18-14(22-12)16-13(21)11-9-15-20(19-11)10-7-4-3-5-8-10/h3-5,7-9H,2,6H2,1H3,(H,16,18,21). The molecule has 0 bridgehead atoms. The summed E-state index contributed by atoms with van der Waals surface area (Å²) in [6, 6.07) is 9.40. The molecule has 0 aliphatic rings. The third-order valence-electron chi connectivity index (χ3n) is 2.86. The predicted octanol–water partition coefficient (Wildman–Crippen LogP) is 2.32. The fourth-order valence-corrected chi connectivity index (χ4v) is 2.67. The van der Waals surface area contributed by atoms with Gasteiger partial charge in [0.05, 0.1) is 11.9 Å². The predicted molar refractivity (Wildman–Crippen MR) is 83.2 cm³/mol. The molecular weight excluding hydrogens is 300 g/mol. The molecule has 7 nitrogen and oxygen atoms in total. The molecule has 0 saturated carbocycles. The number of hydrogen-bond donors (Lipinski definition) is 1. The monoisotopic (exact) mass is 314 g/mol. The zero-order valence-corrected chi connectivity index (χ0v) is 12.7. The van der Waals surface area contributed by atoms with Crippen molar-refractivity contribution in [3.63, 3.8) is 0 Å². The van der Waals surface area contributed by atoms with E-state index in [1.165, 1.54) is 22.3 Å². The molecule has 0 spiro atoms. The first kappa shape index (κ1) is 14.3. The van der Waals surface area contributed by atoms with Crippen molar-refractivity contribution in [1.82, 2.24) is 25.2 Å². The van der Waals surface area contributed by atoms with Gasteiger partial charge in [-0.15, -0.1) is 15.3 Å². The van der Waals surface area contributed by atoms with Crippen molar-refractivity contribution in [2.24, 2.45) is 0 Å². The topological polar surface area (TPSA) is 85.6 Å². The van der Waals surface area contributed by atoms with E-state index in [0.717, 1.165) is 23.5 Å². The highest BCUT2D eigenvalue weighted by Gasteiger charge is 2.14. The SMILES string of the molecule is CCCc1nnc(NC(=O)c2cnn(-c3ccccc3)n2)s1. The van der Waals surface area contributed by atoms with Crippen molar-refractivity contribution in [3.05, 3.63) is 47.2 Å². The summed E-state index contributed by atoms with van der Waals surface area (Å²) in [6.45, 7) is 2.07. The summed E-state index contributed by atoms with van der Waals surface area (Å²) < 4.78 is 0. The van der Waals surface area contributed by atoms with Crippen molar-refractivity contribution in [2.45, 2.75) is 19.8 Å². The Labute approximate surface area is 131 Å². The smallest absolute Gasteiger partial charge is 0.279 e. The number of amides is 1. The lowest BCUT2D eigenvalue weighted by atomic mass is 10.3. The Kier molecular flexibility index (Phi) is 4.19. The van der Waals surface area contributed by atoms with E-state index in [2.05, 4.69) is 32.6 Å². The van der Waals surface area contributed by atoms with E-state index in [1.807, 2.05) is 30.3 Å². The van der Waals surface area contributed by atoms with E-state index in [-0.39, 0.29) is 11.6 Å². The van der Waals surface area contributed by atoms with E-state index < -0.39 is 0 Å². The fraction of sp³-hybridized carbons (Fsp3) is 0.214. The van der Waals surface area contributed by atoms with Crippen molar-refractivity contribution >= 4 is 22.4 Å². The third kappa shape index (κ3) is 3.17. The zero-order chi connectivity index (χ0) is 15.4. The molecule has 22 heavy (non-hydrogen) atoms. The van der Waals surface area contributed by atoms with Gasteiger partial charge in [-0.25, -0.2) is 0 Å². The Hall–Kier alpha value is -2.61. The van der Waals surface area contributed by atoms with Gasteiger partial charge in [0.25, 0.3) is 5.91 Å². The van der Waals surface area contributed by atoms with E-state index in [0.29, 0.717) is 5.13 Å². The number of nitrogens with zero attached hydrogens (tertiary/aromatic N) is 5. The van der Waals surface area contributed by atoms with Gasteiger partial charge in [-0.05, 0) is 18.6 Å². The van der Waals surface area contributed by atoms with Crippen LogP contribution < -0.4 is 5.32 Å². The Morgan fingerprint density at radius 1 is 1.27 bits per heavy atom. The lowest BCUT2D eigenvalue weighted by molar-refractivity contribution is 0.102. The second-order valence-electron chi connectivity index (χ2n) is 4.56. The molecule has 0 fully saturated rings. The van der Waals surface area contributed by atoms with Gasteiger partial charge in [-0.2, -0.15) is 9.90 Å². The molecule has 1 aromatic carbocycles. The number of rotatable bonds is 5. The van der Waals surface area contributed by atoms with Gasteiger partial charge >= 0.3 is 0 Å². The summed E-state index contributed by atoms with van der Waals surface area (Å²) in [5, 5.41) is 20.3. The minimum absolute atomic E-state index is 0.232. The summed E-state index contributed by atoms with van der Waals surface area (Å²) in [4.78, 5) is 13.6. The van der Waals surface area contributed by atoms with Crippen LogP contribution in [-0.2, 0) is 6.42 Å². The number of aryl methyl sites for hydroxylation is 1. The van der Waals surface area contributed by atoms with Crippen LogP contribution in [0.15, 0.2) is 36.5 Å². The number of anilines is 1. The number of nitrogens with one attached hydrogen (secondary N) is 1. The molecule has 8 heteroatoms. The number of carbonyl (C=O) groups excluding carboxylic acids is 1. The Balaban J connectivity index is 1.71. The first-order valence-electron chi connectivity index (χ1n) is 6.88. The van der Waals surface area contributed by atoms with Gasteiger partial charge in [0.15, 0.2) is 5.69 Å². The highest BCUT2D eigenvalue weighted by Crippen LogP contribution is 2.17. The Morgan fingerprint density at radius 3 is 2.86 bits per heavy atom. The van der Waals surface area contributed by atoms with Gasteiger partial charge in [0, 0.05) is 6.42 Å². The highest BCUT2D eigenvalue weighted by molar-refractivity contribution is 7.15. The average molecular weight is 314 g/mol. The maximum Gasteiger partial charge on any atom is 0.279 e. The van der Waals surface area contributed by atoms with Crippen LogP contribution in [0.1, 0.15) is 28.8 Å². The Bertz CT molecular complexity index is 767. The average Bonchev–Trinajstić information content (AvgIpc) is 3.18. The number of aromatic nitrogens is 5. The summed E-state index contributed by atoms with van der Waals surface area (Å²) in [7, 11) is 0. The molecule has 1 N–H and O–H groups in total. The first-order valence-corrected chi connectivity index (χ1v) is 7.69. The normalized spacial score (nSPS) is 10.6. The molecule has 3 rings (SSSR count). The number of para-hydroxylation sites is 1. The molecule has 0 atom stereocenters. The summed E-state index contributed by atoms with van der Waals surface area (Å²) >= 11 is 1.37. The number of benzene rings is 1. The van der Waals surface area contributed by atoms with E-state index in [9.17, 15) is 4.79 Å². The summed E-state index contributed by atoms with van der Waals surface area (Å²) in [5.41, 5.74) is 1.03. The molecule has 0 aliphatic carbocycles. The molecule has 0 aliphatic heterocycles. The molecular formula is C14H14N6OS. The number of hydrogen-bond acceptors (Lipinski definition) is 6. The highest BCUT2D eigenvalue weighted by atomic mass is 32.1. The van der Waals surface area contributed by atoms with Gasteiger partial charge < -0.3 is 0 Å². The van der Waals surface area contributed by atoms with Crippen molar-refractivity contribution in [2.75, 3.05) is 5.32 Å². The second-order valence-corrected chi connectivity index (χ2v) is 5.62. The Morgan fingerprint density at radius 2 is 2.09 bits per heavy atom.